The van der Waals surface area contributed by atoms with Gasteiger partial charge in [-0.2, -0.15) is 0 Å². The van der Waals surface area contributed by atoms with Crippen LogP contribution in [0, 0.1) is 0 Å². The number of hydrogen-bond acceptors (Lipinski definition) is 5. The maximum Gasteiger partial charge on any atom is 0.239 e. The topological polar surface area (TPSA) is 60.9 Å². The molecule has 0 saturated carbocycles. The first-order valence-electron chi connectivity index (χ1n) is 9.43. The highest BCUT2D eigenvalue weighted by Gasteiger charge is 2.35. The molecule has 0 aliphatic carbocycles. The van der Waals surface area contributed by atoms with Gasteiger partial charge in [0.1, 0.15) is 0 Å². The monoisotopic (exact) mass is 413 g/mol. The molecule has 0 radical (unpaired) electrons. The van der Waals surface area contributed by atoms with E-state index in [0.717, 1.165) is 37.7 Å². The van der Waals surface area contributed by atoms with E-state index in [1.165, 1.54) is 5.56 Å². The minimum Gasteiger partial charge on any atom is -0.340 e. The highest BCUT2D eigenvalue weighted by atomic mass is 35.5. The van der Waals surface area contributed by atoms with Gasteiger partial charge in [-0.25, -0.2) is 8.42 Å². The molecule has 0 unspecified atom stereocenters. The average Bonchev–Trinajstić information content (AvgIpc) is 3.02. The number of nitrogens with zero attached hydrogens (tertiary/aromatic N) is 3. The Labute approximate surface area is 167 Å². The van der Waals surface area contributed by atoms with Gasteiger partial charge in [-0.15, -0.1) is 0 Å². The molecule has 2 aliphatic heterocycles. The van der Waals surface area contributed by atoms with Gasteiger partial charge in [0.25, 0.3) is 0 Å². The van der Waals surface area contributed by atoms with Crippen molar-refractivity contribution in [3.8, 4) is 0 Å². The van der Waals surface area contributed by atoms with Crippen LogP contribution < -0.4 is 0 Å². The maximum absolute atomic E-state index is 12.8. The lowest BCUT2D eigenvalue weighted by Crippen LogP contribution is -2.55. The summed E-state index contributed by atoms with van der Waals surface area (Å²) in [6.45, 7) is 6.28. The van der Waals surface area contributed by atoms with Crippen molar-refractivity contribution in [3.05, 3.63) is 34.9 Å². The van der Waals surface area contributed by atoms with E-state index in [1.54, 1.807) is 11.9 Å². The lowest BCUT2D eigenvalue weighted by Gasteiger charge is -2.39. The molecule has 2 atom stereocenters. The Morgan fingerprint density at radius 3 is 2.41 bits per heavy atom. The van der Waals surface area contributed by atoms with Crippen molar-refractivity contribution in [1.82, 2.24) is 14.7 Å². The summed E-state index contributed by atoms with van der Waals surface area (Å²) in [6.07, 6.45) is 0.548. The third-order valence-electron chi connectivity index (χ3n) is 5.74. The summed E-state index contributed by atoms with van der Waals surface area (Å²) in [5.41, 5.74) is 1.24. The standard InChI is InChI=1S/C19H28ClN3O3S/c1-15(19(24)21(2)18-7-12-27(25,26)14-18)23-10-8-22(9-11-23)13-16-3-5-17(20)6-4-16/h3-6,15,18H,7-14H2,1-2H3/t15-,18-/m1/s1. The SMILES string of the molecule is C[C@H](C(=O)N(C)[C@@H]1CCS(=O)(=O)C1)N1CCN(Cc2ccc(Cl)cc2)CC1. The van der Waals surface area contributed by atoms with Gasteiger partial charge >= 0.3 is 0 Å². The average molecular weight is 414 g/mol. The van der Waals surface area contributed by atoms with Crippen molar-refractivity contribution in [1.29, 1.82) is 0 Å². The van der Waals surface area contributed by atoms with Gasteiger partial charge in [0.2, 0.25) is 5.91 Å². The molecule has 0 N–H and O–H groups in total. The van der Waals surface area contributed by atoms with E-state index in [4.69, 9.17) is 11.6 Å². The number of benzene rings is 1. The van der Waals surface area contributed by atoms with Crippen LogP contribution >= 0.6 is 11.6 Å². The summed E-state index contributed by atoms with van der Waals surface area (Å²) < 4.78 is 23.4. The maximum atomic E-state index is 12.8. The van der Waals surface area contributed by atoms with Gasteiger partial charge in [0.15, 0.2) is 9.84 Å². The fraction of sp³-hybridized carbons (Fsp3) is 0.632. The van der Waals surface area contributed by atoms with Crippen LogP contribution in [0.25, 0.3) is 0 Å². The van der Waals surface area contributed by atoms with Gasteiger partial charge in [0.05, 0.1) is 17.5 Å². The first-order valence-corrected chi connectivity index (χ1v) is 11.6. The van der Waals surface area contributed by atoms with E-state index in [0.29, 0.717) is 6.42 Å². The third-order valence-corrected chi connectivity index (χ3v) is 7.74. The number of sulfone groups is 1. The zero-order chi connectivity index (χ0) is 19.6. The zero-order valence-electron chi connectivity index (χ0n) is 16.0. The molecule has 0 bridgehead atoms. The highest BCUT2D eigenvalue weighted by molar-refractivity contribution is 7.91. The molecule has 8 heteroatoms. The summed E-state index contributed by atoms with van der Waals surface area (Å²) in [5, 5.41) is 0.745. The Morgan fingerprint density at radius 2 is 1.85 bits per heavy atom. The summed E-state index contributed by atoms with van der Waals surface area (Å²) in [6, 6.07) is 7.50. The first kappa shape index (κ1) is 20.6. The van der Waals surface area contributed by atoms with Crippen molar-refractivity contribution in [2.24, 2.45) is 0 Å². The molecule has 3 rings (SSSR count). The van der Waals surface area contributed by atoms with Gasteiger partial charge in [-0.3, -0.25) is 14.6 Å². The Morgan fingerprint density at radius 1 is 1.22 bits per heavy atom. The number of hydrogen-bond donors (Lipinski definition) is 0. The van der Waals surface area contributed by atoms with E-state index in [1.807, 2.05) is 31.2 Å². The van der Waals surface area contributed by atoms with Gasteiger partial charge in [0, 0.05) is 50.8 Å². The minimum atomic E-state index is -2.99. The number of likely N-dealkylation sites (N-methyl/N-ethyl adjacent to an activating group) is 1. The zero-order valence-corrected chi connectivity index (χ0v) is 17.5. The molecule has 27 heavy (non-hydrogen) atoms. The fourth-order valence-corrected chi connectivity index (χ4v) is 5.77. The summed E-state index contributed by atoms with van der Waals surface area (Å²) in [7, 11) is -1.25. The van der Waals surface area contributed by atoms with Crippen LogP contribution in [0.1, 0.15) is 18.9 Å². The second-order valence-electron chi connectivity index (χ2n) is 7.62. The van der Waals surface area contributed by atoms with Crippen LogP contribution in [-0.4, -0.2) is 85.8 Å². The van der Waals surface area contributed by atoms with Gasteiger partial charge in [-0.05, 0) is 31.0 Å². The van der Waals surface area contributed by atoms with E-state index in [-0.39, 0.29) is 29.5 Å². The second kappa shape index (κ2) is 8.47. The lowest BCUT2D eigenvalue weighted by molar-refractivity contribution is -0.137. The van der Waals surface area contributed by atoms with Crippen LogP contribution in [0.3, 0.4) is 0 Å². The van der Waals surface area contributed by atoms with Crippen LogP contribution in [0.4, 0.5) is 0 Å². The summed E-state index contributed by atoms with van der Waals surface area (Å²) in [5.74, 6) is 0.299. The van der Waals surface area contributed by atoms with Crippen molar-refractivity contribution < 1.29 is 13.2 Å². The Balaban J connectivity index is 1.49. The van der Waals surface area contributed by atoms with Crippen LogP contribution in [0.15, 0.2) is 24.3 Å². The third kappa shape index (κ3) is 5.22. The smallest absolute Gasteiger partial charge is 0.239 e. The molecule has 1 aromatic rings. The number of carbonyl (C=O) groups is 1. The second-order valence-corrected chi connectivity index (χ2v) is 10.3. The van der Waals surface area contributed by atoms with Gasteiger partial charge < -0.3 is 4.90 Å². The highest BCUT2D eigenvalue weighted by Crippen LogP contribution is 2.19. The lowest BCUT2D eigenvalue weighted by atomic mass is 10.1. The summed E-state index contributed by atoms with van der Waals surface area (Å²) in [4.78, 5) is 19.0. The Bertz CT molecular complexity index is 761. The first-order chi connectivity index (χ1) is 12.7. The van der Waals surface area contributed by atoms with Crippen molar-refractivity contribution >= 4 is 27.3 Å². The van der Waals surface area contributed by atoms with Crippen LogP contribution in [-0.2, 0) is 21.2 Å². The van der Waals surface area contributed by atoms with E-state index < -0.39 is 9.84 Å². The number of carbonyl (C=O) groups excluding carboxylic acids is 1. The fourth-order valence-electron chi connectivity index (χ4n) is 3.87. The summed E-state index contributed by atoms with van der Waals surface area (Å²) >= 11 is 5.94. The Kier molecular flexibility index (Phi) is 6.46. The molecule has 6 nitrogen and oxygen atoms in total. The van der Waals surface area contributed by atoms with E-state index >= 15 is 0 Å². The molecule has 2 fully saturated rings. The van der Waals surface area contributed by atoms with Crippen LogP contribution in [0.2, 0.25) is 5.02 Å². The molecule has 1 amide bonds. The van der Waals surface area contributed by atoms with E-state index in [9.17, 15) is 13.2 Å². The van der Waals surface area contributed by atoms with Crippen LogP contribution in [0.5, 0.6) is 0 Å². The number of halogens is 1. The minimum absolute atomic E-state index is 0.0169. The van der Waals surface area contributed by atoms with Gasteiger partial charge in [-0.1, -0.05) is 23.7 Å². The van der Waals surface area contributed by atoms with Crippen molar-refractivity contribution in [3.63, 3.8) is 0 Å². The molecule has 2 saturated heterocycles. The Hall–Kier alpha value is -1.15. The molecule has 0 spiro atoms. The number of amides is 1. The predicted molar refractivity (Wildman–Crippen MR) is 108 cm³/mol. The molecule has 1 aromatic carbocycles. The molecular formula is C19H28ClN3O3S. The molecule has 2 aliphatic rings. The molecular weight excluding hydrogens is 386 g/mol. The predicted octanol–water partition coefficient (Wildman–Crippen LogP) is 1.49. The van der Waals surface area contributed by atoms with E-state index in [2.05, 4.69) is 9.80 Å². The normalized spacial score (nSPS) is 24.6. The molecule has 150 valence electrons. The molecule has 2 heterocycles. The quantitative estimate of drug-likeness (QED) is 0.732. The largest absolute Gasteiger partial charge is 0.340 e. The van der Waals surface area contributed by atoms with Crippen molar-refractivity contribution in [2.75, 3.05) is 44.7 Å². The van der Waals surface area contributed by atoms with Crippen molar-refractivity contribution in [2.45, 2.75) is 32.0 Å². The number of piperazine rings is 1. The number of rotatable bonds is 5. The molecule has 0 aromatic heterocycles.